The highest BCUT2D eigenvalue weighted by molar-refractivity contribution is 6.33. The molecule has 0 fully saturated rings. The number of fused-ring (bicyclic) bond motifs is 1. The first-order chi connectivity index (χ1) is 14.5. The number of ketones is 1. The minimum Gasteiger partial charge on any atom is -0.478 e. The fourth-order valence-corrected chi connectivity index (χ4v) is 3.46. The average Bonchev–Trinajstić information content (AvgIpc) is 3.08. The van der Waals surface area contributed by atoms with Crippen LogP contribution in [-0.4, -0.2) is 31.4 Å². The van der Waals surface area contributed by atoms with Crippen molar-refractivity contribution < 1.29 is 14.7 Å². The summed E-state index contributed by atoms with van der Waals surface area (Å²) >= 11 is 6.10. The first-order valence-electron chi connectivity index (χ1n) is 9.09. The third-order valence-corrected chi connectivity index (χ3v) is 5.04. The molecule has 30 heavy (non-hydrogen) atoms. The molecule has 1 N–H and O–H groups in total. The Morgan fingerprint density at radius 2 is 1.80 bits per heavy atom. The minimum atomic E-state index is -1.31. The Hall–Kier alpha value is -3.77. The van der Waals surface area contributed by atoms with E-state index < -0.39 is 11.8 Å². The van der Waals surface area contributed by atoms with Gasteiger partial charge in [-0.15, -0.1) is 0 Å². The van der Waals surface area contributed by atoms with Gasteiger partial charge in [-0.25, -0.2) is 9.78 Å². The SMILES string of the molecule is Cc1nc2cnccc2n1-c1ccc(C(=O)C(=Cc2ccccc2Cl)C(=O)O)cc1. The van der Waals surface area contributed by atoms with Gasteiger partial charge in [0.15, 0.2) is 5.78 Å². The van der Waals surface area contributed by atoms with E-state index in [9.17, 15) is 14.7 Å². The summed E-state index contributed by atoms with van der Waals surface area (Å²) in [6, 6.07) is 15.4. The molecule has 2 aromatic heterocycles. The van der Waals surface area contributed by atoms with Gasteiger partial charge in [0.25, 0.3) is 0 Å². The molecule has 0 aliphatic rings. The Balaban J connectivity index is 1.71. The number of imidazole rings is 1. The summed E-state index contributed by atoms with van der Waals surface area (Å²) in [5, 5.41) is 9.94. The van der Waals surface area contributed by atoms with Gasteiger partial charge in [-0.05, 0) is 55.0 Å². The Bertz CT molecular complexity index is 1310. The highest BCUT2D eigenvalue weighted by atomic mass is 35.5. The van der Waals surface area contributed by atoms with E-state index in [4.69, 9.17) is 11.6 Å². The molecule has 0 aliphatic carbocycles. The maximum absolute atomic E-state index is 12.9. The number of hydrogen-bond donors (Lipinski definition) is 1. The van der Waals surface area contributed by atoms with Crippen molar-refractivity contribution in [2.24, 2.45) is 0 Å². The highest BCUT2D eigenvalue weighted by Crippen LogP contribution is 2.23. The van der Waals surface area contributed by atoms with Gasteiger partial charge in [-0.1, -0.05) is 29.8 Å². The van der Waals surface area contributed by atoms with Crippen LogP contribution in [0.15, 0.2) is 72.6 Å². The maximum atomic E-state index is 12.9. The number of hydrogen-bond acceptors (Lipinski definition) is 4. The van der Waals surface area contributed by atoms with Crippen molar-refractivity contribution >= 4 is 40.5 Å². The van der Waals surface area contributed by atoms with E-state index in [1.54, 1.807) is 60.9 Å². The molecule has 0 unspecified atom stereocenters. The van der Waals surface area contributed by atoms with Crippen LogP contribution in [0.4, 0.5) is 0 Å². The Morgan fingerprint density at radius 1 is 1.07 bits per heavy atom. The molecule has 148 valence electrons. The smallest absolute Gasteiger partial charge is 0.339 e. The molecule has 0 bridgehead atoms. The number of aliphatic carboxylic acids is 1. The predicted octanol–water partition coefficient (Wildman–Crippen LogP) is 4.73. The quantitative estimate of drug-likeness (QED) is 0.219. The summed E-state index contributed by atoms with van der Waals surface area (Å²) in [4.78, 5) is 33.2. The maximum Gasteiger partial charge on any atom is 0.339 e. The van der Waals surface area contributed by atoms with Crippen molar-refractivity contribution in [1.82, 2.24) is 14.5 Å². The lowest BCUT2D eigenvalue weighted by Gasteiger charge is -2.09. The van der Waals surface area contributed by atoms with E-state index in [0.717, 1.165) is 22.5 Å². The molecule has 6 nitrogen and oxygen atoms in total. The topological polar surface area (TPSA) is 85.1 Å². The van der Waals surface area contributed by atoms with Crippen LogP contribution in [0.25, 0.3) is 22.8 Å². The zero-order valence-corrected chi connectivity index (χ0v) is 16.7. The average molecular weight is 418 g/mol. The monoisotopic (exact) mass is 417 g/mol. The molecule has 7 heteroatoms. The van der Waals surface area contributed by atoms with E-state index >= 15 is 0 Å². The van der Waals surface area contributed by atoms with Crippen molar-refractivity contribution in [2.75, 3.05) is 0 Å². The van der Waals surface area contributed by atoms with Crippen LogP contribution in [0.3, 0.4) is 0 Å². The van der Waals surface area contributed by atoms with E-state index in [0.29, 0.717) is 10.6 Å². The number of aromatic nitrogens is 3. The van der Waals surface area contributed by atoms with Crippen LogP contribution in [0.2, 0.25) is 5.02 Å². The van der Waals surface area contributed by atoms with Gasteiger partial charge in [0.1, 0.15) is 16.9 Å². The summed E-state index contributed by atoms with van der Waals surface area (Å²) in [6.07, 6.45) is 4.67. The fourth-order valence-electron chi connectivity index (χ4n) is 3.27. The number of carboxylic acids is 1. The summed E-state index contributed by atoms with van der Waals surface area (Å²) in [6.45, 7) is 1.88. The van der Waals surface area contributed by atoms with Crippen molar-refractivity contribution in [3.8, 4) is 5.69 Å². The molecule has 0 atom stereocenters. The number of carboxylic acid groups (broad SMARTS) is 1. The van der Waals surface area contributed by atoms with Crippen molar-refractivity contribution in [3.63, 3.8) is 0 Å². The van der Waals surface area contributed by atoms with Crippen LogP contribution < -0.4 is 0 Å². The van der Waals surface area contributed by atoms with Crippen LogP contribution >= 0.6 is 11.6 Å². The number of benzene rings is 2. The molecule has 0 amide bonds. The number of aryl methyl sites for hydroxylation is 1. The second-order valence-electron chi connectivity index (χ2n) is 6.62. The van der Waals surface area contributed by atoms with E-state index in [-0.39, 0.29) is 11.1 Å². The molecule has 0 saturated carbocycles. The summed E-state index contributed by atoms with van der Waals surface area (Å²) in [5.41, 5.74) is 2.85. The molecule has 4 aromatic rings. The zero-order chi connectivity index (χ0) is 21.3. The zero-order valence-electron chi connectivity index (χ0n) is 15.9. The van der Waals surface area contributed by atoms with Gasteiger partial charge in [0.05, 0.1) is 11.7 Å². The van der Waals surface area contributed by atoms with Crippen LogP contribution in [-0.2, 0) is 4.79 Å². The van der Waals surface area contributed by atoms with E-state index in [2.05, 4.69) is 9.97 Å². The normalized spacial score (nSPS) is 11.6. The number of carbonyl (C=O) groups excluding carboxylic acids is 1. The first kappa shape index (κ1) is 19.5. The summed E-state index contributed by atoms with van der Waals surface area (Å²) in [5.74, 6) is -1.12. The molecule has 0 radical (unpaired) electrons. The fraction of sp³-hybridized carbons (Fsp3) is 0.0435. The molecular weight excluding hydrogens is 402 g/mol. The second kappa shape index (κ2) is 7.93. The summed E-state index contributed by atoms with van der Waals surface area (Å²) < 4.78 is 1.95. The lowest BCUT2D eigenvalue weighted by atomic mass is 10.0. The predicted molar refractivity (Wildman–Crippen MR) is 115 cm³/mol. The van der Waals surface area contributed by atoms with Crippen molar-refractivity contribution in [2.45, 2.75) is 6.92 Å². The number of carbonyl (C=O) groups is 2. The Kier molecular flexibility index (Phi) is 5.16. The Morgan fingerprint density at radius 3 is 2.50 bits per heavy atom. The number of halogens is 1. The van der Waals surface area contributed by atoms with E-state index in [1.807, 2.05) is 17.6 Å². The van der Waals surface area contributed by atoms with Gasteiger partial charge in [0, 0.05) is 22.5 Å². The molecule has 4 rings (SSSR count). The second-order valence-corrected chi connectivity index (χ2v) is 7.03. The third-order valence-electron chi connectivity index (χ3n) is 4.69. The number of rotatable bonds is 5. The number of pyridine rings is 1. The largest absolute Gasteiger partial charge is 0.478 e. The number of nitrogens with zero attached hydrogens (tertiary/aromatic N) is 3. The van der Waals surface area contributed by atoms with Crippen LogP contribution in [0.5, 0.6) is 0 Å². The number of Topliss-reactive ketones (excluding diaryl/α,β-unsaturated/α-hetero) is 1. The molecular formula is C23H16ClN3O3. The van der Waals surface area contributed by atoms with Crippen LogP contribution in [0, 0.1) is 6.92 Å². The molecule has 2 aromatic carbocycles. The lowest BCUT2D eigenvalue weighted by Crippen LogP contribution is -2.12. The van der Waals surface area contributed by atoms with Crippen molar-refractivity contribution in [3.05, 3.63) is 94.5 Å². The van der Waals surface area contributed by atoms with Gasteiger partial charge >= 0.3 is 5.97 Å². The summed E-state index contributed by atoms with van der Waals surface area (Å²) in [7, 11) is 0. The standard InChI is InChI=1S/C23H16ClN3O3/c1-14-26-20-13-25-11-10-21(20)27(14)17-8-6-15(7-9-17)22(28)18(23(29)30)12-16-4-2-3-5-19(16)24/h2-13H,1H3,(H,29,30). The van der Waals surface area contributed by atoms with E-state index in [1.165, 1.54) is 6.08 Å². The molecule has 0 saturated heterocycles. The van der Waals surface area contributed by atoms with Crippen molar-refractivity contribution in [1.29, 1.82) is 0 Å². The van der Waals surface area contributed by atoms with Gasteiger partial charge in [-0.2, -0.15) is 0 Å². The lowest BCUT2D eigenvalue weighted by molar-refractivity contribution is -0.132. The third kappa shape index (κ3) is 3.60. The van der Waals surface area contributed by atoms with Gasteiger partial charge in [0.2, 0.25) is 0 Å². The van der Waals surface area contributed by atoms with Gasteiger partial charge in [-0.3, -0.25) is 14.3 Å². The Labute approximate surface area is 177 Å². The first-order valence-corrected chi connectivity index (χ1v) is 9.47. The van der Waals surface area contributed by atoms with Crippen LogP contribution in [0.1, 0.15) is 21.7 Å². The molecule has 0 aliphatic heterocycles. The van der Waals surface area contributed by atoms with Gasteiger partial charge < -0.3 is 5.11 Å². The molecule has 0 spiro atoms. The minimum absolute atomic E-state index is 0.267. The highest BCUT2D eigenvalue weighted by Gasteiger charge is 2.20. The molecule has 2 heterocycles.